The van der Waals surface area contributed by atoms with E-state index in [1.807, 2.05) is 54.6 Å². The van der Waals surface area contributed by atoms with E-state index in [0.717, 1.165) is 11.1 Å². The number of carbonyl (C=O) groups is 3. The number of hydrogen-bond acceptors (Lipinski definition) is 4. The van der Waals surface area contributed by atoms with Gasteiger partial charge in [0, 0.05) is 24.9 Å². The van der Waals surface area contributed by atoms with Gasteiger partial charge in [0.2, 0.25) is 5.91 Å². The molecule has 0 N–H and O–H groups in total. The molecule has 0 saturated carbocycles. The molecule has 3 aromatic rings. The summed E-state index contributed by atoms with van der Waals surface area (Å²) in [7, 11) is 0. The summed E-state index contributed by atoms with van der Waals surface area (Å²) in [5.41, 5.74) is 3.04. The summed E-state index contributed by atoms with van der Waals surface area (Å²) in [5, 5.41) is 0. The molecule has 1 aliphatic rings. The van der Waals surface area contributed by atoms with E-state index in [1.165, 1.54) is 18.2 Å². The predicted octanol–water partition coefficient (Wildman–Crippen LogP) is 5.42. The summed E-state index contributed by atoms with van der Waals surface area (Å²) in [6.45, 7) is 3.42. The maximum absolute atomic E-state index is 13.8. The maximum Gasteiger partial charge on any atom is 0.309 e. The molecule has 4 rings (SSSR count). The van der Waals surface area contributed by atoms with Crippen LogP contribution < -0.4 is 4.90 Å². The van der Waals surface area contributed by atoms with Gasteiger partial charge in [-0.2, -0.15) is 0 Å². The zero-order valence-corrected chi connectivity index (χ0v) is 22.1. The number of esters is 1. The molecule has 1 aliphatic heterocycles. The van der Waals surface area contributed by atoms with Gasteiger partial charge in [-0.1, -0.05) is 54.6 Å². The Bertz CT molecular complexity index is 1300. The van der Waals surface area contributed by atoms with Crippen LogP contribution in [0.5, 0.6) is 0 Å². The first-order chi connectivity index (χ1) is 18.9. The van der Waals surface area contributed by atoms with E-state index in [-0.39, 0.29) is 42.5 Å². The first-order valence-corrected chi connectivity index (χ1v) is 13.3. The number of amides is 2. The minimum Gasteiger partial charge on any atom is -0.466 e. The van der Waals surface area contributed by atoms with Crippen LogP contribution in [-0.4, -0.2) is 42.4 Å². The molecule has 0 aliphatic carbocycles. The Morgan fingerprint density at radius 1 is 0.949 bits per heavy atom. The molecule has 3 aromatic carbocycles. The molecular weight excluding hydrogens is 495 g/mol. The van der Waals surface area contributed by atoms with Crippen LogP contribution >= 0.6 is 0 Å². The van der Waals surface area contributed by atoms with Gasteiger partial charge in [-0.15, -0.1) is 0 Å². The Kier molecular flexibility index (Phi) is 9.62. The van der Waals surface area contributed by atoms with Crippen LogP contribution in [0.15, 0.2) is 84.9 Å². The van der Waals surface area contributed by atoms with Crippen molar-refractivity contribution in [1.82, 2.24) is 4.90 Å². The van der Waals surface area contributed by atoms with Crippen molar-refractivity contribution in [3.8, 4) is 0 Å². The number of anilines is 1. The van der Waals surface area contributed by atoms with Crippen molar-refractivity contribution in [2.75, 3.05) is 24.6 Å². The summed E-state index contributed by atoms with van der Waals surface area (Å²) in [5.74, 6) is -0.929. The molecule has 6 nitrogen and oxygen atoms in total. The summed E-state index contributed by atoms with van der Waals surface area (Å²) in [6, 6.07) is 23.0. The van der Waals surface area contributed by atoms with Gasteiger partial charge < -0.3 is 14.5 Å². The highest BCUT2D eigenvalue weighted by Crippen LogP contribution is 2.22. The van der Waals surface area contributed by atoms with Crippen molar-refractivity contribution in [1.29, 1.82) is 0 Å². The number of hydrogen-bond donors (Lipinski definition) is 0. The number of benzene rings is 3. The quantitative estimate of drug-likeness (QED) is 0.275. The van der Waals surface area contributed by atoms with Crippen LogP contribution in [0.2, 0.25) is 0 Å². The lowest BCUT2D eigenvalue weighted by Crippen LogP contribution is -2.41. The molecule has 0 bridgehead atoms. The highest BCUT2D eigenvalue weighted by Gasteiger charge is 2.28. The van der Waals surface area contributed by atoms with Crippen molar-refractivity contribution in [2.24, 2.45) is 5.92 Å². The second-order valence-corrected chi connectivity index (χ2v) is 9.55. The van der Waals surface area contributed by atoms with Crippen molar-refractivity contribution in [3.63, 3.8) is 0 Å². The maximum atomic E-state index is 13.8. The normalized spacial score (nSPS) is 13.8. The van der Waals surface area contributed by atoms with Crippen molar-refractivity contribution in [2.45, 2.75) is 32.7 Å². The second-order valence-electron chi connectivity index (χ2n) is 9.55. The highest BCUT2D eigenvalue weighted by atomic mass is 19.1. The van der Waals surface area contributed by atoms with E-state index in [9.17, 15) is 18.8 Å². The lowest BCUT2D eigenvalue weighted by Gasteiger charge is -2.31. The highest BCUT2D eigenvalue weighted by molar-refractivity contribution is 6.03. The van der Waals surface area contributed by atoms with Gasteiger partial charge in [-0.05, 0) is 66.8 Å². The zero-order chi connectivity index (χ0) is 27.6. The SMILES string of the molecule is CCOC(=O)C1CCN(C(=O)Cc2ccc(N(Cc3cccc(F)c3)C(=O)/C=C/c3ccccc3)cc2)CC1. The fraction of sp³-hybridized carbons (Fsp3) is 0.281. The van der Waals surface area contributed by atoms with E-state index in [1.54, 1.807) is 34.9 Å². The van der Waals surface area contributed by atoms with E-state index >= 15 is 0 Å². The van der Waals surface area contributed by atoms with Gasteiger partial charge in [0.05, 0.1) is 25.5 Å². The molecular formula is C32H33FN2O4. The number of carbonyl (C=O) groups excluding carboxylic acids is 3. The Morgan fingerprint density at radius 3 is 2.33 bits per heavy atom. The molecule has 1 saturated heterocycles. The molecule has 7 heteroatoms. The van der Waals surface area contributed by atoms with Gasteiger partial charge in [-0.3, -0.25) is 14.4 Å². The zero-order valence-electron chi connectivity index (χ0n) is 22.1. The van der Waals surface area contributed by atoms with Crippen molar-refractivity contribution < 1.29 is 23.5 Å². The fourth-order valence-corrected chi connectivity index (χ4v) is 4.64. The standard InChI is InChI=1S/C32H33FN2O4/c1-2-39-32(38)27-17-19-34(20-18-27)31(37)22-25-11-14-29(15-12-25)35(23-26-9-6-10-28(33)21-26)30(36)16-13-24-7-4-3-5-8-24/h3-16,21,27H,2,17-20,22-23H2,1H3/b16-13+. The largest absolute Gasteiger partial charge is 0.466 e. The average Bonchev–Trinajstić information content (AvgIpc) is 2.96. The molecule has 0 atom stereocenters. The third-order valence-corrected chi connectivity index (χ3v) is 6.78. The van der Waals surface area contributed by atoms with E-state index in [2.05, 4.69) is 0 Å². The summed E-state index contributed by atoms with van der Waals surface area (Å²) >= 11 is 0. The van der Waals surface area contributed by atoms with Crippen LogP contribution in [0.3, 0.4) is 0 Å². The van der Waals surface area contributed by atoms with Gasteiger partial charge >= 0.3 is 5.97 Å². The Balaban J connectivity index is 1.43. The summed E-state index contributed by atoms with van der Waals surface area (Å²) < 4.78 is 18.9. The number of likely N-dealkylation sites (tertiary alicyclic amines) is 1. The smallest absolute Gasteiger partial charge is 0.309 e. The van der Waals surface area contributed by atoms with Crippen LogP contribution in [-0.2, 0) is 32.1 Å². The molecule has 202 valence electrons. The molecule has 0 radical (unpaired) electrons. The number of piperidine rings is 1. The van der Waals surface area contributed by atoms with E-state index in [4.69, 9.17) is 4.74 Å². The number of halogens is 1. The van der Waals surface area contributed by atoms with Crippen LogP contribution in [0.1, 0.15) is 36.5 Å². The number of nitrogens with zero attached hydrogens (tertiary/aromatic N) is 2. The Morgan fingerprint density at radius 2 is 1.67 bits per heavy atom. The Labute approximate surface area is 228 Å². The molecule has 0 unspecified atom stereocenters. The number of ether oxygens (including phenoxy) is 1. The van der Waals surface area contributed by atoms with E-state index < -0.39 is 0 Å². The average molecular weight is 529 g/mol. The van der Waals surface area contributed by atoms with Crippen molar-refractivity contribution in [3.05, 3.63) is 107 Å². The summed E-state index contributed by atoms with van der Waals surface area (Å²) in [6.07, 6.45) is 4.70. The molecule has 1 fully saturated rings. The van der Waals surface area contributed by atoms with Gasteiger partial charge in [0.15, 0.2) is 0 Å². The fourth-order valence-electron chi connectivity index (χ4n) is 4.64. The van der Waals surface area contributed by atoms with Gasteiger partial charge in [0.25, 0.3) is 5.91 Å². The molecule has 2 amide bonds. The lowest BCUT2D eigenvalue weighted by atomic mass is 9.96. The molecule has 39 heavy (non-hydrogen) atoms. The monoisotopic (exact) mass is 528 g/mol. The Hall–Kier alpha value is -4.26. The molecule has 0 spiro atoms. The van der Waals surface area contributed by atoms with Crippen LogP contribution in [0, 0.1) is 11.7 Å². The number of rotatable bonds is 9. The third-order valence-electron chi connectivity index (χ3n) is 6.78. The van der Waals surface area contributed by atoms with Crippen molar-refractivity contribution >= 4 is 29.5 Å². The van der Waals surface area contributed by atoms with Crippen LogP contribution in [0.4, 0.5) is 10.1 Å². The predicted molar refractivity (Wildman–Crippen MR) is 149 cm³/mol. The van der Waals surface area contributed by atoms with E-state index in [0.29, 0.717) is 43.8 Å². The van der Waals surface area contributed by atoms with Gasteiger partial charge in [-0.25, -0.2) is 4.39 Å². The molecule has 0 aromatic heterocycles. The summed E-state index contributed by atoms with van der Waals surface area (Å²) in [4.78, 5) is 41.5. The minimum atomic E-state index is -0.361. The minimum absolute atomic E-state index is 0.00328. The topological polar surface area (TPSA) is 66.9 Å². The first kappa shape index (κ1) is 27.8. The lowest BCUT2D eigenvalue weighted by molar-refractivity contribution is -0.151. The van der Waals surface area contributed by atoms with Gasteiger partial charge in [0.1, 0.15) is 5.82 Å². The van der Waals surface area contributed by atoms with Crippen LogP contribution in [0.25, 0.3) is 6.08 Å². The first-order valence-electron chi connectivity index (χ1n) is 13.3. The second kappa shape index (κ2) is 13.5. The third kappa shape index (κ3) is 7.87. The molecule has 1 heterocycles.